The van der Waals surface area contributed by atoms with E-state index in [1.54, 1.807) is 18.2 Å². The van der Waals surface area contributed by atoms with Gasteiger partial charge in [-0.15, -0.1) is 0 Å². The maximum atomic E-state index is 12.1. The molecule has 0 heterocycles. The number of amides is 2. The molecule has 2 aromatic carbocycles. The first-order valence-corrected chi connectivity index (χ1v) is 10.4. The van der Waals surface area contributed by atoms with Gasteiger partial charge in [-0.25, -0.2) is 13.2 Å². The number of hydrogen-bond acceptors (Lipinski definition) is 3. The quantitative estimate of drug-likeness (QED) is 0.694. The monoisotopic (exact) mass is 375 g/mol. The Labute approximate surface area is 155 Å². The Balaban J connectivity index is 1.89. The number of rotatable bonds is 7. The summed E-state index contributed by atoms with van der Waals surface area (Å²) in [4.78, 5) is 12.1. The average molecular weight is 375 g/mol. The molecule has 0 spiro atoms. The van der Waals surface area contributed by atoms with Crippen LogP contribution in [-0.4, -0.2) is 20.7 Å². The minimum atomic E-state index is -3.33. The number of nitrogens with one attached hydrogen (secondary N) is 3. The van der Waals surface area contributed by atoms with Crippen molar-refractivity contribution in [2.75, 3.05) is 11.0 Å². The van der Waals surface area contributed by atoms with Crippen LogP contribution in [0.25, 0.3) is 0 Å². The van der Waals surface area contributed by atoms with Crippen molar-refractivity contribution < 1.29 is 13.2 Å². The zero-order chi connectivity index (χ0) is 19.2. The third-order valence-corrected chi connectivity index (χ3v) is 4.53. The van der Waals surface area contributed by atoms with Crippen LogP contribution in [0.2, 0.25) is 0 Å². The third kappa shape index (κ3) is 6.40. The maximum absolute atomic E-state index is 12.1. The zero-order valence-electron chi connectivity index (χ0n) is 15.2. The minimum Gasteiger partial charge on any atom is -0.334 e. The summed E-state index contributed by atoms with van der Waals surface area (Å²) < 4.78 is 25.0. The van der Waals surface area contributed by atoms with Crippen LogP contribution in [0.3, 0.4) is 0 Å². The summed E-state index contributed by atoms with van der Waals surface area (Å²) in [5.41, 5.74) is 3.56. The third-order valence-electron chi connectivity index (χ3n) is 3.92. The molecule has 0 saturated carbocycles. The second kappa shape index (κ2) is 8.71. The van der Waals surface area contributed by atoms with Crippen molar-refractivity contribution in [3.8, 4) is 0 Å². The number of carbonyl (C=O) groups excluding carboxylic acids is 1. The van der Waals surface area contributed by atoms with Crippen LogP contribution in [-0.2, 0) is 23.0 Å². The molecule has 0 aliphatic heterocycles. The molecule has 26 heavy (non-hydrogen) atoms. The smallest absolute Gasteiger partial charge is 0.315 e. The Morgan fingerprint density at radius 3 is 2.38 bits per heavy atom. The fourth-order valence-corrected chi connectivity index (χ4v) is 3.07. The normalized spacial score (nSPS) is 12.3. The second-order valence-electron chi connectivity index (χ2n) is 6.22. The highest BCUT2D eigenvalue weighted by Crippen LogP contribution is 2.14. The molecular formula is C19H25N3O3S. The number of urea groups is 1. The van der Waals surface area contributed by atoms with E-state index in [-0.39, 0.29) is 12.1 Å². The van der Waals surface area contributed by atoms with Crippen LogP contribution in [0, 0.1) is 0 Å². The molecule has 0 saturated heterocycles. The lowest BCUT2D eigenvalue weighted by Gasteiger charge is -2.16. The van der Waals surface area contributed by atoms with E-state index in [1.165, 1.54) is 5.56 Å². The topological polar surface area (TPSA) is 87.3 Å². The van der Waals surface area contributed by atoms with E-state index < -0.39 is 10.0 Å². The van der Waals surface area contributed by atoms with E-state index in [0.29, 0.717) is 12.2 Å². The predicted molar refractivity (Wildman–Crippen MR) is 105 cm³/mol. The molecule has 2 amide bonds. The SMILES string of the molecule is CCc1ccc([C@@H](C)NC(=O)NCc2cccc(NS(C)(=O)=O)c2)cc1. The molecule has 7 heteroatoms. The first-order valence-electron chi connectivity index (χ1n) is 8.47. The number of anilines is 1. The van der Waals surface area contributed by atoms with Crippen LogP contribution >= 0.6 is 0 Å². The van der Waals surface area contributed by atoms with Crippen LogP contribution < -0.4 is 15.4 Å². The lowest BCUT2D eigenvalue weighted by atomic mass is 10.1. The Kier molecular flexibility index (Phi) is 6.63. The van der Waals surface area contributed by atoms with Crippen LogP contribution in [0.1, 0.15) is 36.6 Å². The van der Waals surface area contributed by atoms with Gasteiger partial charge in [-0.1, -0.05) is 43.3 Å². The van der Waals surface area contributed by atoms with Crippen LogP contribution in [0.15, 0.2) is 48.5 Å². The molecule has 0 aliphatic rings. The average Bonchev–Trinajstić information content (AvgIpc) is 2.59. The fourth-order valence-electron chi connectivity index (χ4n) is 2.51. The van der Waals surface area contributed by atoms with Crippen molar-refractivity contribution in [2.45, 2.75) is 32.9 Å². The summed E-state index contributed by atoms with van der Waals surface area (Å²) in [6.07, 6.45) is 2.08. The molecule has 0 bridgehead atoms. The highest BCUT2D eigenvalue weighted by atomic mass is 32.2. The molecule has 0 unspecified atom stereocenters. The number of carbonyl (C=O) groups is 1. The van der Waals surface area contributed by atoms with Crippen LogP contribution in [0.5, 0.6) is 0 Å². The van der Waals surface area contributed by atoms with Gasteiger partial charge < -0.3 is 10.6 Å². The summed E-state index contributed by atoms with van der Waals surface area (Å²) in [6.45, 7) is 4.33. The second-order valence-corrected chi connectivity index (χ2v) is 7.97. The molecule has 0 aromatic heterocycles. The summed E-state index contributed by atoms with van der Waals surface area (Å²) in [7, 11) is -3.33. The standard InChI is InChI=1S/C19H25N3O3S/c1-4-15-8-10-17(11-9-15)14(2)21-19(23)20-13-16-6-5-7-18(12-16)22-26(3,24)25/h5-12,14,22H,4,13H2,1-3H3,(H2,20,21,23)/t14-/m1/s1. The molecule has 6 nitrogen and oxygen atoms in total. The van der Waals surface area contributed by atoms with E-state index in [4.69, 9.17) is 0 Å². The molecule has 0 fully saturated rings. The van der Waals surface area contributed by atoms with E-state index in [9.17, 15) is 13.2 Å². The first kappa shape index (κ1) is 19.8. The van der Waals surface area contributed by atoms with Gasteiger partial charge in [0, 0.05) is 12.2 Å². The summed E-state index contributed by atoms with van der Waals surface area (Å²) in [6, 6.07) is 14.7. The Hall–Kier alpha value is -2.54. The molecule has 3 N–H and O–H groups in total. The van der Waals surface area contributed by atoms with Gasteiger partial charge in [0.1, 0.15) is 0 Å². The summed E-state index contributed by atoms with van der Waals surface area (Å²) >= 11 is 0. The molecule has 140 valence electrons. The van der Waals surface area contributed by atoms with Gasteiger partial charge in [0.25, 0.3) is 0 Å². The Morgan fingerprint density at radius 2 is 1.77 bits per heavy atom. The summed E-state index contributed by atoms with van der Waals surface area (Å²) in [5.74, 6) is 0. The van der Waals surface area contributed by atoms with Crippen molar-refractivity contribution in [1.82, 2.24) is 10.6 Å². The predicted octanol–water partition coefficient (Wildman–Crippen LogP) is 3.18. The van der Waals surface area contributed by atoms with Crippen molar-refractivity contribution in [3.05, 3.63) is 65.2 Å². The highest BCUT2D eigenvalue weighted by molar-refractivity contribution is 7.92. The fraction of sp³-hybridized carbons (Fsp3) is 0.316. The van der Waals surface area contributed by atoms with Crippen molar-refractivity contribution in [2.24, 2.45) is 0 Å². The Bertz CT molecular complexity index is 849. The van der Waals surface area contributed by atoms with E-state index in [0.717, 1.165) is 23.8 Å². The first-order chi connectivity index (χ1) is 12.3. The van der Waals surface area contributed by atoms with E-state index >= 15 is 0 Å². The highest BCUT2D eigenvalue weighted by Gasteiger charge is 2.09. The van der Waals surface area contributed by atoms with Gasteiger partial charge >= 0.3 is 6.03 Å². The largest absolute Gasteiger partial charge is 0.334 e. The minimum absolute atomic E-state index is 0.112. The molecule has 2 rings (SSSR count). The van der Waals surface area contributed by atoms with Gasteiger partial charge in [0.05, 0.1) is 12.3 Å². The lowest BCUT2D eigenvalue weighted by molar-refractivity contribution is 0.237. The van der Waals surface area contributed by atoms with Gasteiger partial charge in [-0.3, -0.25) is 4.72 Å². The number of sulfonamides is 1. The molecule has 1 atom stereocenters. The number of benzene rings is 2. The lowest BCUT2D eigenvalue weighted by Crippen LogP contribution is -2.36. The van der Waals surface area contributed by atoms with Gasteiger partial charge in [0.2, 0.25) is 10.0 Å². The summed E-state index contributed by atoms with van der Waals surface area (Å²) in [5, 5.41) is 5.68. The molecule has 0 aliphatic carbocycles. The molecule has 2 aromatic rings. The number of aryl methyl sites for hydroxylation is 1. The van der Waals surface area contributed by atoms with Crippen molar-refractivity contribution in [3.63, 3.8) is 0 Å². The number of hydrogen-bond donors (Lipinski definition) is 3. The van der Waals surface area contributed by atoms with Crippen LogP contribution in [0.4, 0.5) is 10.5 Å². The van der Waals surface area contributed by atoms with Crippen molar-refractivity contribution >= 4 is 21.7 Å². The maximum Gasteiger partial charge on any atom is 0.315 e. The van der Waals surface area contributed by atoms with E-state index in [1.807, 2.05) is 25.1 Å². The van der Waals surface area contributed by atoms with Gasteiger partial charge in [-0.05, 0) is 42.2 Å². The van der Waals surface area contributed by atoms with Crippen molar-refractivity contribution in [1.29, 1.82) is 0 Å². The van der Waals surface area contributed by atoms with Gasteiger partial charge in [-0.2, -0.15) is 0 Å². The zero-order valence-corrected chi connectivity index (χ0v) is 16.1. The Morgan fingerprint density at radius 1 is 1.08 bits per heavy atom. The molecular weight excluding hydrogens is 350 g/mol. The van der Waals surface area contributed by atoms with E-state index in [2.05, 4.69) is 34.4 Å². The van der Waals surface area contributed by atoms with Gasteiger partial charge in [0.15, 0.2) is 0 Å². The molecule has 0 radical (unpaired) electrons.